The molecule has 7 heteroatoms. The van der Waals surface area contributed by atoms with Crippen LogP contribution in [-0.2, 0) is 10.1 Å². The summed E-state index contributed by atoms with van der Waals surface area (Å²) in [7, 11) is -4.38. The lowest BCUT2D eigenvalue weighted by Gasteiger charge is -2.21. The molecule has 2 amide bonds. The lowest BCUT2D eigenvalue weighted by atomic mass is 10.3. The van der Waals surface area contributed by atoms with Crippen LogP contribution in [0.3, 0.4) is 0 Å². The van der Waals surface area contributed by atoms with E-state index in [1.54, 1.807) is 6.07 Å². The van der Waals surface area contributed by atoms with Crippen LogP contribution >= 0.6 is 0 Å². The average Bonchev–Trinajstić information content (AvgIpc) is 2.24. The number of urea groups is 1. The van der Waals surface area contributed by atoms with E-state index in [0.29, 0.717) is 6.42 Å². The van der Waals surface area contributed by atoms with Crippen LogP contribution in [0.25, 0.3) is 0 Å². The molecule has 0 aliphatic carbocycles. The molecule has 0 spiro atoms. The first-order valence-corrected chi connectivity index (χ1v) is 6.45. The van der Waals surface area contributed by atoms with E-state index in [1.165, 1.54) is 18.2 Å². The predicted molar refractivity (Wildman–Crippen MR) is 63.5 cm³/mol. The molecule has 17 heavy (non-hydrogen) atoms. The molecule has 0 saturated carbocycles. The van der Waals surface area contributed by atoms with E-state index in [9.17, 15) is 13.2 Å². The van der Waals surface area contributed by atoms with Gasteiger partial charge in [-0.25, -0.2) is 4.79 Å². The summed E-state index contributed by atoms with van der Waals surface area (Å²) in [4.78, 5) is 12.0. The standard InChI is InChI=1S/C10H14N2O4S/c1-2-7-12(10(11)13)8-5-3-4-6-9(8)17(14,15)16/h3-6H,2,7H2,1H3,(H2,11,13)(H,14,15,16). The van der Waals surface area contributed by atoms with Crippen molar-refractivity contribution in [3.63, 3.8) is 0 Å². The molecule has 0 heterocycles. The Morgan fingerprint density at radius 2 is 2.00 bits per heavy atom. The number of hydrogen-bond donors (Lipinski definition) is 2. The van der Waals surface area contributed by atoms with Gasteiger partial charge in [-0.1, -0.05) is 19.1 Å². The van der Waals surface area contributed by atoms with Gasteiger partial charge >= 0.3 is 6.03 Å². The van der Waals surface area contributed by atoms with Gasteiger partial charge < -0.3 is 5.73 Å². The summed E-state index contributed by atoms with van der Waals surface area (Å²) >= 11 is 0. The summed E-state index contributed by atoms with van der Waals surface area (Å²) in [5.41, 5.74) is 5.26. The second-order valence-electron chi connectivity index (χ2n) is 3.43. The highest BCUT2D eigenvalue weighted by atomic mass is 32.2. The first-order chi connectivity index (χ1) is 7.88. The fraction of sp³-hybridized carbons (Fsp3) is 0.300. The van der Waals surface area contributed by atoms with Gasteiger partial charge in [-0.05, 0) is 18.6 Å². The summed E-state index contributed by atoms with van der Waals surface area (Å²) in [6, 6.07) is 4.90. The van der Waals surface area contributed by atoms with E-state index in [2.05, 4.69) is 0 Å². The van der Waals surface area contributed by atoms with Crippen molar-refractivity contribution in [3.8, 4) is 0 Å². The highest BCUT2D eigenvalue weighted by molar-refractivity contribution is 7.86. The lowest BCUT2D eigenvalue weighted by molar-refractivity contribution is 0.254. The second-order valence-corrected chi connectivity index (χ2v) is 4.82. The number of primary amides is 1. The number of amides is 2. The molecule has 0 saturated heterocycles. The Bertz CT molecular complexity index is 513. The number of hydrogen-bond acceptors (Lipinski definition) is 3. The van der Waals surface area contributed by atoms with Crippen LogP contribution < -0.4 is 10.6 Å². The number of para-hydroxylation sites is 1. The number of nitrogens with zero attached hydrogens (tertiary/aromatic N) is 1. The maximum Gasteiger partial charge on any atom is 0.319 e. The van der Waals surface area contributed by atoms with Gasteiger partial charge in [0.2, 0.25) is 0 Å². The Labute approximate surface area is 99.8 Å². The largest absolute Gasteiger partial charge is 0.351 e. The van der Waals surface area contributed by atoms with Gasteiger partial charge in [-0.3, -0.25) is 9.45 Å². The van der Waals surface area contributed by atoms with Crippen LogP contribution in [0.4, 0.5) is 10.5 Å². The number of carbonyl (C=O) groups is 1. The summed E-state index contributed by atoms with van der Waals surface area (Å²) in [6.45, 7) is 2.11. The molecular weight excluding hydrogens is 244 g/mol. The van der Waals surface area contributed by atoms with Crippen LogP contribution in [0.15, 0.2) is 29.2 Å². The fourth-order valence-electron chi connectivity index (χ4n) is 1.47. The zero-order chi connectivity index (χ0) is 13.1. The summed E-state index contributed by atoms with van der Waals surface area (Å²) in [5, 5.41) is 0. The van der Waals surface area contributed by atoms with E-state index in [1.807, 2.05) is 6.92 Å². The second kappa shape index (κ2) is 5.15. The van der Waals surface area contributed by atoms with Crippen LogP contribution in [0.2, 0.25) is 0 Å². The van der Waals surface area contributed by atoms with E-state index < -0.39 is 16.1 Å². The van der Waals surface area contributed by atoms with Gasteiger partial charge in [0, 0.05) is 6.54 Å². The number of rotatable bonds is 4. The molecule has 0 aromatic heterocycles. The molecule has 0 unspecified atom stereocenters. The summed E-state index contributed by atoms with van der Waals surface area (Å²) in [6.07, 6.45) is 0.614. The first-order valence-electron chi connectivity index (χ1n) is 5.01. The summed E-state index contributed by atoms with van der Waals surface area (Å²) < 4.78 is 31.4. The SMILES string of the molecule is CCCN(C(N)=O)c1ccccc1S(=O)(=O)O. The quantitative estimate of drug-likeness (QED) is 0.793. The zero-order valence-electron chi connectivity index (χ0n) is 9.33. The molecule has 94 valence electrons. The fourth-order valence-corrected chi connectivity index (χ4v) is 2.16. The minimum absolute atomic E-state index is 0.0874. The number of anilines is 1. The van der Waals surface area contributed by atoms with Crippen LogP contribution in [0.5, 0.6) is 0 Å². The Morgan fingerprint density at radius 3 is 2.47 bits per heavy atom. The van der Waals surface area contributed by atoms with Crippen LogP contribution in [0, 0.1) is 0 Å². The van der Waals surface area contributed by atoms with E-state index >= 15 is 0 Å². The normalized spacial score (nSPS) is 11.2. The molecule has 0 atom stereocenters. The molecule has 1 rings (SSSR count). The van der Waals surface area contributed by atoms with Gasteiger partial charge in [0.1, 0.15) is 4.90 Å². The number of nitrogens with two attached hydrogens (primary N) is 1. The third-order valence-corrected chi connectivity index (χ3v) is 3.05. The minimum Gasteiger partial charge on any atom is -0.351 e. The van der Waals surface area contributed by atoms with Crippen molar-refractivity contribution in [2.45, 2.75) is 18.2 Å². The number of carbonyl (C=O) groups excluding carboxylic acids is 1. The van der Waals surface area contributed by atoms with Crippen molar-refractivity contribution in [1.29, 1.82) is 0 Å². The van der Waals surface area contributed by atoms with Crippen molar-refractivity contribution < 1.29 is 17.8 Å². The molecule has 1 aromatic rings. The molecule has 0 fully saturated rings. The highest BCUT2D eigenvalue weighted by Gasteiger charge is 2.21. The third kappa shape index (κ3) is 3.18. The number of benzene rings is 1. The molecule has 0 aliphatic heterocycles. The lowest BCUT2D eigenvalue weighted by Crippen LogP contribution is -2.37. The third-order valence-electron chi connectivity index (χ3n) is 2.15. The smallest absolute Gasteiger partial charge is 0.319 e. The van der Waals surface area contributed by atoms with Crippen molar-refractivity contribution in [2.24, 2.45) is 5.73 Å². The molecule has 0 radical (unpaired) electrons. The molecule has 0 bridgehead atoms. The monoisotopic (exact) mass is 258 g/mol. The maximum absolute atomic E-state index is 11.2. The molecule has 6 nitrogen and oxygen atoms in total. The zero-order valence-corrected chi connectivity index (χ0v) is 10.1. The van der Waals surface area contributed by atoms with Gasteiger partial charge in [-0.15, -0.1) is 0 Å². The first kappa shape index (κ1) is 13.5. The molecule has 0 aliphatic rings. The Hall–Kier alpha value is -1.60. The van der Waals surface area contributed by atoms with E-state index in [-0.39, 0.29) is 17.1 Å². The topological polar surface area (TPSA) is 101 Å². The Kier molecular flexibility index (Phi) is 4.08. The van der Waals surface area contributed by atoms with Crippen molar-refractivity contribution in [3.05, 3.63) is 24.3 Å². The maximum atomic E-state index is 11.2. The minimum atomic E-state index is -4.38. The van der Waals surface area contributed by atoms with Crippen molar-refractivity contribution in [1.82, 2.24) is 0 Å². The molecule has 1 aromatic carbocycles. The van der Waals surface area contributed by atoms with Gasteiger partial charge in [0.15, 0.2) is 0 Å². The van der Waals surface area contributed by atoms with Crippen molar-refractivity contribution >= 4 is 21.8 Å². The molecular formula is C10H14N2O4S. The van der Waals surface area contributed by atoms with E-state index in [0.717, 1.165) is 4.90 Å². The highest BCUT2D eigenvalue weighted by Crippen LogP contribution is 2.24. The van der Waals surface area contributed by atoms with Gasteiger partial charge in [0.05, 0.1) is 5.69 Å². The molecule has 3 N–H and O–H groups in total. The van der Waals surface area contributed by atoms with Crippen molar-refractivity contribution in [2.75, 3.05) is 11.4 Å². The Morgan fingerprint density at radius 1 is 1.41 bits per heavy atom. The summed E-state index contributed by atoms with van der Waals surface area (Å²) in [5.74, 6) is 0. The Balaban J connectivity index is 3.34. The van der Waals surface area contributed by atoms with Gasteiger partial charge in [-0.2, -0.15) is 8.42 Å². The van der Waals surface area contributed by atoms with E-state index in [4.69, 9.17) is 10.3 Å². The van der Waals surface area contributed by atoms with Crippen LogP contribution in [0.1, 0.15) is 13.3 Å². The predicted octanol–water partition coefficient (Wildman–Crippen LogP) is 1.23. The van der Waals surface area contributed by atoms with Gasteiger partial charge in [0.25, 0.3) is 10.1 Å². The van der Waals surface area contributed by atoms with Crippen LogP contribution in [-0.4, -0.2) is 25.5 Å². The average molecular weight is 258 g/mol.